The average molecular weight is 165 g/mol. The van der Waals surface area contributed by atoms with Crippen LogP contribution in [0.3, 0.4) is 0 Å². The molecule has 1 aromatic rings. The monoisotopic (exact) mass is 165 g/mol. The fourth-order valence-corrected chi connectivity index (χ4v) is 0.789. The highest BCUT2D eigenvalue weighted by Crippen LogP contribution is 2.14. The van der Waals surface area contributed by atoms with Crippen LogP contribution in [-0.4, -0.2) is 17.4 Å². The van der Waals surface area contributed by atoms with Crippen LogP contribution >= 0.6 is 0 Å². The molecule has 0 unspecified atom stereocenters. The molecule has 0 heterocycles. The third kappa shape index (κ3) is 1.42. The molecule has 0 amide bonds. The van der Waals surface area contributed by atoms with Crippen molar-refractivity contribution in [2.24, 2.45) is 0 Å². The van der Waals surface area contributed by atoms with E-state index in [0.717, 1.165) is 12.1 Å². The highest BCUT2D eigenvalue weighted by atomic mass is 16.4. The molecule has 0 aliphatic heterocycles. The van der Waals surface area contributed by atoms with Crippen molar-refractivity contribution in [3.63, 3.8) is 0 Å². The number of carbonyl (C=O) groups is 2. The van der Waals surface area contributed by atoms with Crippen LogP contribution in [0.25, 0.3) is 0 Å². The Kier molecular flexibility index (Phi) is 2.09. The van der Waals surface area contributed by atoms with Crippen LogP contribution in [0.4, 0.5) is 0 Å². The number of carboxylic acids is 1. The first-order chi connectivity index (χ1) is 5.65. The van der Waals surface area contributed by atoms with Gasteiger partial charge < -0.3 is 10.2 Å². The van der Waals surface area contributed by atoms with Gasteiger partial charge in [-0.2, -0.15) is 0 Å². The Morgan fingerprint density at radius 1 is 1.50 bits per heavy atom. The van der Waals surface area contributed by atoms with Gasteiger partial charge in [0.2, 0.25) is 0 Å². The molecule has 0 aliphatic carbocycles. The molecular weight excluding hydrogens is 160 g/mol. The first-order valence-corrected chi connectivity index (χ1v) is 3.14. The molecule has 12 heavy (non-hydrogen) atoms. The van der Waals surface area contributed by atoms with E-state index < -0.39 is 11.7 Å². The number of rotatable bonds is 2. The minimum Gasteiger partial charge on any atom is -0.872 e. The zero-order chi connectivity index (χ0) is 9.14. The molecule has 0 saturated heterocycles. The maximum Gasteiger partial charge on any atom is 0.335 e. The summed E-state index contributed by atoms with van der Waals surface area (Å²) in [6, 6.07) is 3.41. The molecule has 4 heteroatoms. The topological polar surface area (TPSA) is 77.4 Å². The van der Waals surface area contributed by atoms with E-state index >= 15 is 0 Å². The third-order valence-electron chi connectivity index (χ3n) is 1.37. The summed E-state index contributed by atoms with van der Waals surface area (Å²) >= 11 is 0. The van der Waals surface area contributed by atoms with Gasteiger partial charge in [-0.15, -0.1) is 0 Å². The first kappa shape index (κ1) is 8.26. The molecule has 0 radical (unpaired) electrons. The summed E-state index contributed by atoms with van der Waals surface area (Å²) in [6.07, 6.45) is 0.493. The predicted octanol–water partition coefficient (Wildman–Crippen LogP) is 0.271. The van der Waals surface area contributed by atoms with Crippen molar-refractivity contribution >= 4 is 12.3 Å². The lowest BCUT2D eigenvalue weighted by molar-refractivity contribution is -0.268. The van der Waals surface area contributed by atoms with Crippen LogP contribution in [0.1, 0.15) is 20.7 Å². The Hall–Kier alpha value is -1.84. The molecule has 0 aromatic heterocycles. The number of hydrogen-bond acceptors (Lipinski definition) is 3. The van der Waals surface area contributed by atoms with Crippen LogP contribution in [0.15, 0.2) is 18.2 Å². The highest BCUT2D eigenvalue weighted by Gasteiger charge is 2.02. The lowest BCUT2D eigenvalue weighted by Crippen LogP contribution is -2.04. The summed E-state index contributed by atoms with van der Waals surface area (Å²) in [5.41, 5.74) is -0.134. The standard InChI is InChI=1S/C8H6O4/c9-4-5-1-2-6(8(11)12)7(10)3-5/h1-4,10H,(H,11,12)/p-1. The average Bonchev–Trinajstić information content (AvgIpc) is 2.03. The second-order valence-corrected chi connectivity index (χ2v) is 2.18. The molecular formula is C8H5O4-. The van der Waals surface area contributed by atoms with E-state index in [1.54, 1.807) is 0 Å². The molecule has 1 aromatic carbocycles. The van der Waals surface area contributed by atoms with Gasteiger partial charge in [0.15, 0.2) is 0 Å². The van der Waals surface area contributed by atoms with Crippen LogP contribution < -0.4 is 5.11 Å². The lowest BCUT2D eigenvalue weighted by atomic mass is 10.1. The van der Waals surface area contributed by atoms with Gasteiger partial charge in [-0.25, -0.2) is 4.79 Å². The predicted molar refractivity (Wildman–Crippen MR) is 38.2 cm³/mol. The van der Waals surface area contributed by atoms with Crippen LogP contribution in [0, 0.1) is 0 Å². The summed E-state index contributed by atoms with van der Waals surface area (Å²) in [5.74, 6) is -1.93. The second-order valence-electron chi connectivity index (χ2n) is 2.18. The smallest absolute Gasteiger partial charge is 0.335 e. The van der Waals surface area contributed by atoms with Gasteiger partial charge >= 0.3 is 5.97 Å². The lowest BCUT2D eigenvalue weighted by Gasteiger charge is -2.09. The van der Waals surface area contributed by atoms with E-state index in [1.807, 2.05) is 0 Å². The number of hydrogen-bond donors (Lipinski definition) is 1. The molecule has 0 fully saturated rings. The zero-order valence-electron chi connectivity index (χ0n) is 5.98. The fraction of sp³-hybridized carbons (Fsp3) is 0. The summed E-state index contributed by atoms with van der Waals surface area (Å²) in [5, 5.41) is 19.3. The van der Waals surface area contributed by atoms with Gasteiger partial charge in [0, 0.05) is 5.56 Å². The van der Waals surface area contributed by atoms with E-state index in [0.29, 0.717) is 6.29 Å². The van der Waals surface area contributed by atoms with Gasteiger partial charge in [-0.3, -0.25) is 4.79 Å². The maximum absolute atomic E-state index is 10.9. The molecule has 4 nitrogen and oxygen atoms in total. The Morgan fingerprint density at radius 2 is 2.17 bits per heavy atom. The number of carbonyl (C=O) groups excluding carboxylic acids is 1. The Bertz CT molecular complexity index is 330. The van der Waals surface area contributed by atoms with Crippen molar-refractivity contribution in [2.75, 3.05) is 0 Å². The number of aldehydes is 1. The third-order valence-corrected chi connectivity index (χ3v) is 1.37. The molecule has 0 atom stereocenters. The van der Waals surface area contributed by atoms with Crippen molar-refractivity contribution in [3.8, 4) is 5.75 Å². The first-order valence-electron chi connectivity index (χ1n) is 3.14. The number of aromatic carboxylic acids is 1. The van der Waals surface area contributed by atoms with E-state index in [9.17, 15) is 14.7 Å². The van der Waals surface area contributed by atoms with Gasteiger partial charge in [-0.1, -0.05) is 17.9 Å². The SMILES string of the molecule is O=Cc1ccc(C(=O)O)c([O-])c1. The minimum atomic E-state index is -1.28. The second kappa shape index (κ2) is 3.04. The van der Waals surface area contributed by atoms with Gasteiger partial charge in [-0.05, 0) is 6.07 Å². The maximum atomic E-state index is 10.9. The van der Waals surface area contributed by atoms with Crippen LogP contribution in [0.5, 0.6) is 5.75 Å². The fourth-order valence-electron chi connectivity index (χ4n) is 0.789. The zero-order valence-corrected chi connectivity index (χ0v) is 5.98. The molecule has 0 aliphatic rings. The van der Waals surface area contributed by atoms with E-state index in [2.05, 4.69) is 0 Å². The van der Waals surface area contributed by atoms with Crippen LogP contribution in [-0.2, 0) is 0 Å². The van der Waals surface area contributed by atoms with Crippen molar-refractivity contribution in [1.29, 1.82) is 0 Å². The summed E-state index contributed by atoms with van der Waals surface area (Å²) in [7, 11) is 0. The van der Waals surface area contributed by atoms with E-state index in [4.69, 9.17) is 5.11 Å². The summed E-state index contributed by atoms with van der Waals surface area (Å²) < 4.78 is 0. The largest absolute Gasteiger partial charge is 0.872 e. The van der Waals surface area contributed by atoms with E-state index in [1.165, 1.54) is 6.07 Å². The molecule has 0 bridgehead atoms. The van der Waals surface area contributed by atoms with Crippen molar-refractivity contribution < 1.29 is 19.8 Å². The highest BCUT2D eigenvalue weighted by molar-refractivity contribution is 5.91. The Labute approximate surface area is 68.1 Å². The Balaban J connectivity index is 3.20. The van der Waals surface area contributed by atoms with Crippen molar-refractivity contribution in [1.82, 2.24) is 0 Å². The molecule has 1 N–H and O–H groups in total. The molecule has 0 saturated carbocycles. The van der Waals surface area contributed by atoms with Gasteiger partial charge in [0.1, 0.15) is 6.29 Å². The van der Waals surface area contributed by atoms with Gasteiger partial charge in [0.05, 0.1) is 5.56 Å². The molecule has 62 valence electrons. The van der Waals surface area contributed by atoms with Crippen molar-refractivity contribution in [2.45, 2.75) is 0 Å². The van der Waals surface area contributed by atoms with Gasteiger partial charge in [0.25, 0.3) is 0 Å². The van der Waals surface area contributed by atoms with Crippen molar-refractivity contribution in [3.05, 3.63) is 29.3 Å². The summed E-state index contributed by atoms with van der Waals surface area (Å²) in [6.45, 7) is 0. The number of carboxylic acid groups (broad SMARTS) is 1. The Morgan fingerprint density at radius 3 is 2.58 bits per heavy atom. The van der Waals surface area contributed by atoms with Crippen LogP contribution in [0.2, 0.25) is 0 Å². The normalized spacial score (nSPS) is 9.33. The molecule has 0 spiro atoms. The summed E-state index contributed by atoms with van der Waals surface area (Å²) in [4.78, 5) is 20.5. The minimum absolute atomic E-state index is 0.185. The van der Waals surface area contributed by atoms with E-state index in [-0.39, 0.29) is 11.1 Å². The quantitative estimate of drug-likeness (QED) is 0.638. The number of benzene rings is 1. The molecule has 1 rings (SSSR count).